The minimum Gasteiger partial charge on any atom is -0.258 e. The van der Waals surface area contributed by atoms with E-state index in [0.717, 1.165) is 18.5 Å². The molecule has 0 radical (unpaired) electrons. The Labute approximate surface area is 86.9 Å². The van der Waals surface area contributed by atoms with Crippen LogP contribution in [0.5, 0.6) is 0 Å². The largest absolute Gasteiger partial charge is 0.258 e. The Hall–Kier alpha value is -1.11. The molecule has 0 unspecified atom stereocenters. The normalized spacial score (nSPS) is 10.0. The maximum atomic E-state index is 4.61. The van der Waals surface area contributed by atoms with E-state index in [2.05, 4.69) is 50.9 Å². The second kappa shape index (κ2) is 4.94. The first-order valence-corrected chi connectivity index (χ1v) is 5.31. The lowest BCUT2D eigenvalue weighted by atomic mass is 10.1. The maximum absolute atomic E-state index is 4.61. The Morgan fingerprint density at radius 1 is 1.07 bits per heavy atom. The minimum absolute atomic E-state index is 1.05. The average molecular weight is 189 g/mol. The summed E-state index contributed by atoms with van der Waals surface area (Å²) < 4.78 is 0. The topological polar surface area (TPSA) is 12.4 Å². The van der Waals surface area contributed by atoms with Gasteiger partial charge >= 0.3 is 0 Å². The van der Waals surface area contributed by atoms with Crippen LogP contribution in [0.2, 0.25) is 0 Å². The molecule has 0 aliphatic carbocycles. The first-order valence-electron chi connectivity index (χ1n) is 5.31. The Morgan fingerprint density at radius 3 is 2.21 bits per heavy atom. The molecule has 1 aromatic carbocycles. The number of hydrogen-bond donors (Lipinski definition) is 0. The second-order valence-electron chi connectivity index (χ2n) is 3.65. The quantitative estimate of drug-likeness (QED) is 0.632. The molecule has 14 heavy (non-hydrogen) atoms. The molecule has 0 N–H and O–H groups in total. The minimum atomic E-state index is 1.05. The molecule has 76 valence electrons. The smallest absolute Gasteiger partial charge is 0.0631 e. The number of aryl methyl sites for hydroxylation is 2. The van der Waals surface area contributed by atoms with Gasteiger partial charge in [0.1, 0.15) is 0 Å². The number of hydrogen-bond acceptors (Lipinski definition) is 1. The van der Waals surface area contributed by atoms with Gasteiger partial charge in [0, 0.05) is 5.71 Å². The van der Waals surface area contributed by atoms with Crippen LogP contribution in [-0.4, -0.2) is 5.71 Å². The van der Waals surface area contributed by atoms with Crippen molar-refractivity contribution in [3.05, 3.63) is 29.3 Å². The third-order valence-electron chi connectivity index (χ3n) is 2.59. The van der Waals surface area contributed by atoms with Gasteiger partial charge in [0.2, 0.25) is 0 Å². The first-order chi connectivity index (χ1) is 6.67. The Morgan fingerprint density at radius 2 is 1.71 bits per heavy atom. The molecular weight excluding hydrogens is 170 g/mol. The lowest BCUT2D eigenvalue weighted by Gasteiger charge is -2.03. The third-order valence-corrected chi connectivity index (χ3v) is 2.59. The van der Waals surface area contributed by atoms with Gasteiger partial charge in [-0.1, -0.05) is 19.9 Å². The van der Waals surface area contributed by atoms with Crippen LogP contribution >= 0.6 is 0 Å². The van der Waals surface area contributed by atoms with Crippen molar-refractivity contribution >= 4 is 11.4 Å². The molecule has 0 saturated carbocycles. The summed E-state index contributed by atoms with van der Waals surface area (Å²) in [6, 6.07) is 6.38. The molecule has 1 nitrogen and oxygen atoms in total. The SMILES string of the molecule is CCC(CC)=Nc1ccc(C)c(C)c1. The molecule has 0 fully saturated rings. The predicted molar refractivity (Wildman–Crippen MR) is 63.6 cm³/mol. The standard InChI is InChI=1S/C13H19N/c1-5-12(6-2)14-13-8-7-10(3)11(4)9-13/h7-9H,5-6H2,1-4H3. The van der Waals surface area contributed by atoms with Gasteiger partial charge in [0.25, 0.3) is 0 Å². The van der Waals surface area contributed by atoms with Crippen molar-refractivity contribution in [2.45, 2.75) is 40.5 Å². The maximum Gasteiger partial charge on any atom is 0.0631 e. The van der Waals surface area contributed by atoms with Crippen molar-refractivity contribution in [2.24, 2.45) is 4.99 Å². The van der Waals surface area contributed by atoms with Gasteiger partial charge in [0.15, 0.2) is 0 Å². The van der Waals surface area contributed by atoms with Crippen LogP contribution in [0.3, 0.4) is 0 Å². The summed E-state index contributed by atoms with van der Waals surface area (Å²) >= 11 is 0. The van der Waals surface area contributed by atoms with Gasteiger partial charge in [-0.15, -0.1) is 0 Å². The summed E-state index contributed by atoms with van der Waals surface area (Å²) in [6.07, 6.45) is 2.09. The summed E-state index contributed by atoms with van der Waals surface area (Å²) in [5, 5.41) is 0. The third kappa shape index (κ3) is 2.69. The van der Waals surface area contributed by atoms with Crippen LogP contribution in [0.25, 0.3) is 0 Å². The zero-order chi connectivity index (χ0) is 10.6. The zero-order valence-corrected chi connectivity index (χ0v) is 9.59. The molecule has 1 aromatic rings. The van der Waals surface area contributed by atoms with E-state index in [1.54, 1.807) is 0 Å². The summed E-state index contributed by atoms with van der Waals surface area (Å²) in [6.45, 7) is 8.57. The molecule has 0 atom stereocenters. The fourth-order valence-corrected chi connectivity index (χ4v) is 1.39. The molecule has 0 spiro atoms. The monoisotopic (exact) mass is 189 g/mol. The van der Waals surface area contributed by atoms with Crippen molar-refractivity contribution in [1.82, 2.24) is 0 Å². The molecule has 0 aliphatic rings. The van der Waals surface area contributed by atoms with Crippen LogP contribution in [-0.2, 0) is 0 Å². The Balaban J connectivity index is 2.97. The summed E-state index contributed by atoms with van der Waals surface area (Å²) in [5.41, 5.74) is 5.01. The average Bonchev–Trinajstić information content (AvgIpc) is 2.19. The van der Waals surface area contributed by atoms with Gasteiger partial charge in [-0.2, -0.15) is 0 Å². The van der Waals surface area contributed by atoms with Crippen LogP contribution in [0.15, 0.2) is 23.2 Å². The highest BCUT2D eigenvalue weighted by Crippen LogP contribution is 2.18. The fraction of sp³-hybridized carbons (Fsp3) is 0.462. The summed E-state index contributed by atoms with van der Waals surface area (Å²) in [7, 11) is 0. The summed E-state index contributed by atoms with van der Waals surface area (Å²) in [5.74, 6) is 0. The number of benzene rings is 1. The van der Waals surface area contributed by atoms with Crippen molar-refractivity contribution in [2.75, 3.05) is 0 Å². The Bertz CT molecular complexity index is 331. The molecule has 0 aromatic heterocycles. The van der Waals surface area contributed by atoms with Crippen molar-refractivity contribution in [3.63, 3.8) is 0 Å². The van der Waals surface area contributed by atoms with E-state index in [9.17, 15) is 0 Å². The molecule has 0 amide bonds. The van der Waals surface area contributed by atoms with Crippen molar-refractivity contribution in [1.29, 1.82) is 0 Å². The molecule has 1 heteroatoms. The highest BCUT2D eigenvalue weighted by molar-refractivity contribution is 5.86. The van der Waals surface area contributed by atoms with E-state index < -0.39 is 0 Å². The van der Waals surface area contributed by atoms with Crippen LogP contribution in [0.4, 0.5) is 5.69 Å². The van der Waals surface area contributed by atoms with E-state index >= 15 is 0 Å². The van der Waals surface area contributed by atoms with E-state index in [1.807, 2.05) is 0 Å². The van der Waals surface area contributed by atoms with E-state index in [0.29, 0.717) is 0 Å². The zero-order valence-electron chi connectivity index (χ0n) is 9.59. The predicted octanol–water partition coefficient (Wildman–Crippen LogP) is 4.20. The molecule has 1 rings (SSSR count). The highest BCUT2D eigenvalue weighted by atomic mass is 14.7. The van der Waals surface area contributed by atoms with Crippen LogP contribution in [0.1, 0.15) is 37.8 Å². The van der Waals surface area contributed by atoms with Crippen LogP contribution in [0, 0.1) is 13.8 Å². The first kappa shape index (κ1) is 11.0. The van der Waals surface area contributed by atoms with E-state index in [4.69, 9.17) is 0 Å². The number of rotatable bonds is 3. The number of nitrogens with zero attached hydrogens (tertiary/aromatic N) is 1. The van der Waals surface area contributed by atoms with Crippen molar-refractivity contribution < 1.29 is 0 Å². The lowest BCUT2D eigenvalue weighted by molar-refractivity contribution is 1.15. The molecule has 0 heterocycles. The molecule has 0 saturated heterocycles. The van der Waals surface area contributed by atoms with E-state index in [-0.39, 0.29) is 0 Å². The van der Waals surface area contributed by atoms with Gasteiger partial charge in [-0.05, 0) is 49.9 Å². The van der Waals surface area contributed by atoms with Gasteiger partial charge in [-0.3, -0.25) is 4.99 Å². The second-order valence-corrected chi connectivity index (χ2v) is 3.65. The van der Waals surface area contributed by atoms with E-state index in [1.165, 1.54) is 16.8 Å². The molecule has 0 aliphatic heterocycles. The fourth-order valence-electron chi connectivity index (χ4n) is 1.39. The van der Waals surface area contributed by atoms with Gasteiger partial charge in [0.05, 0.1) is 5.69 Å². The van der Waals surface area contributed by atoms with Gasteiger partial charge < -0.3 is 0 Å². The van der Waals surface area contributed by atoms with Crippen LogP contribution < -0.4 is 0 Å². The summed E-state index contributed by atoms with van der Waals surface area (Å²) in [4.78, 5) is 4.61. The van der Waals surface area contributed by atoms with Gasteiger partial charge in [-0.25, -0.2) is 0 Å². The van der Waals surface area contributed by atoms with Crippen molar-refractivity contribution in [3.8, 4) is 0 Å². The molecular formula is C13H19N. The Kier molecular flexibility index (Phi) is 3.87. The number of aliphatic imine (C=N–C) groups is 1. The highest BCUT2D eigenvalue weighted by Gasteiger charge is 1.96. The molecule has 0 bridgehead atoms. The lowest BCUT2D eigenvalue weighted by Crippen LogP contribution is -1.91.